The van der Waals surface area contributed by atoms with Gasteiger partial charge in [0.2, 0.25) is 0 Å². The monoisotopic (exact) mass is 252 g/mol. The number of benzene rings is 1. The van der Waals surface area contributed by atoms with Crippen LogP contribution in [0.3, 0.4) is 0 Å². The normalized spacial score (nSPS) is 16.5. The highest BCUT2D eigenvalue weighted by Crippen LogP contribution is 2.19. The van der Waals surface area contributed by atoms with Gasteiger partial charge in [-0.2, -0.15) is 17.4 Å². The lowest BCUT2D eigenvalue weighted by Crippen LogP contribution is -2.43. The second-order valence-corrected chi connectivity index (χ2v) is 5.75. The summed E-state index contributed by atoms with van der Waals surface area (Å²) in [5.41, 5.74) is 2.32. The maximum Gasteiger partial charge on any atom is 0.280 e. The second kappa shape index (κ2) is 5.00. The van der Waals surface area contributed by atoms with E-state index in [9.17, 15) is 8.42 Å². The molecule has 0 unspecified atom stereocenters. The van der Waals surface area contributed by atoms with E-state index < -0.39 is 10.2 Å². The number of nitrogens with one attached hydrogen (secondary N) is 1. The van der Waals surface area contributed by atoms with Gasteiger partial charge in [0, 0.05) is 19.6 Å². The standard InChI is InChI=1S/C12H16N2O2S/c1-2-8-13-17(15,16)14-9-7-11-5-3-4-6-12(11)10-14/h2-6,13H,1,7-10H2. The zero-order chi connectivity index (χ0) is 12.3. The molecule has 1 aliphatic heterocycles. The Morgan fingerprint density at radius 1 is 1.35 bits per heavy atom. The number of fused-ring (bicyclic) bond motifs is 1. The van der Waals surface area contributed by atoms with Crippen LogP contribution in [-0.4, -0.2) is 25.8 Å². The Morgan fingerprint density at radius 2 is 2.06 bits per heavy atom. The van der Waals surface area contributed by atoms with Crippen molar-refractivity contribution in [1.29, 1.82) is 0 Å². The topological polar surface area (TPSA) is 49.4 Å². The minimum absolute atomic E-state index is 0.264. The first-order chi connectivity index (χ1) is 8.13. The van der Waals surface area contributed by atoms with Gasteiger partial charge in [0.15, 0.2) is 0 Å². The third kappa shape index (κ3) is 2.74. The smallest absolute Gasteiger partial charge is 0.198 e. The van der Waals surface area contributed by atoms with Crippen molar-refractivity contribution in [2.45, 2.75) is 13.0 Å². The number of hydrogen-bond donors (Lipinski definition) is 1. The number of rotatable bonds is 4. The van der Waals surface area contributed by atoms with Crippen molar-refractivity contribution in [3.8, 4) is 0 Å². The van der Waals surface area contributed by atoms with Crippen LogP contribution in [-0.2, 0) is 23.2 Å². The predicted octanol–water partition coefficient (Wildman–Crippen LogP) is 1.07. The third-order valence-corrected chi connectivity index (χ3v) is 4.37. The molecular weight excluding hydrogens is 236 g/mol. The van der Waals surface area contributed by atoms with Crippen molar-refractivity contribution in [1.82, 2.24) is 9.03 Å². The SMILES string of the molecule is C=CCNS(=O)(=O)N1CCc2ccccc2C1. The van der Waals surface area contributed by atoms with Crippen LogP contribution in [0.5, 0.6) is 0 Å². The molecule has 0 spiro atoms. The Labute approximate surface area is 102 Å². The summed E-state index contributed by atoms with van der Waals surface area (Å²) >= 11 is 0. The third-order valence-electron chi connectivity index (χ3n) is 2.85. The summed E-state index contributed by atoms with van der Waals surface area (Å²) in [6, 6.07) is 7.95. The van der Waals surface area contributed by atoms with Gasteiger partial charge < -0.3 is 0 Å². The van der Waals surface area contributed by atoms with Gasteiger partial charge in [0.05, 0.1) is 0 Å². The van der Waals surface area contributed by atoms with Gasteiger partial charge in [-0.25, -0.2) is 0 Å². The Balaban J connectivity index is 2.14. The van der Waals surface area contributed by atoms with E-state index in [0.717, 1.165) is 12.0 Å². The van der Waals surface area contributed by atoms with Crippen LogP contribution in [0.2, 0.25) is 0 Å². The second-order valence-electron chi connectivity index (χ2n) is 3.99. The summed E-state index contributed by atoms with van der Waals surface area (Å²) in [5.74, 6) is 0. The molecule has 0 aromatic heterocycles. The molecule has 1 N–H and O–H groups in total. The van der Waals surface area contributed by atoms with E-state index >= 15 is 0 Å². The lowest BCUT2D eigenvalue weighted by atomic mass is 10.0. The summed E-state index contributed by atoms with van der Waals surface area (Å²) < 4.78 is 27.8. The summed E-state index contributed by atoms with van der Waals surface area (Å²) in [6.45, 7) is 4.74. The quantitative estimate of drug-likeness (QED) is 0.815. The minimum atomic E-state index is -3.38. The molecule has 0 atom stereocenters. The summed E-state index contributed by atoms with van der Waals surface area (Å²) in [4.78, 5) is 0. The first-order valence-corrected chi connectivity index (χ1v) is 7.00. The molecule has 1 aliphatic rings. The molecule has 0 bridgehead atoms. The molecule has 5 heteroatoms. The maximum atomic E-state index is 11.9. The van der Waals surface area contributed by atoms with Crippen LogP contribution in [0.15, 0.2) is 36.9 Å². The van der Waals surface area contributed by atoms with E-state index in [4.69, 9.17) is 0 Å². The van der Waals surface area contributed by atoms with Crippen molar-refractivity contribution in [2.24, 2.45) is 0 Å². The van der Waals surface area contributed by atoms with Gasteiger partial charge in [0.1, 0.15) is 0 Å². The summed E-state index contributed by atoms with van der Waals surface area (Å²) in [7, 11) is -3.38. The first kappa shape index (κ1) is 12.3. The van der Waals surface area contributed by atoms with E-state index in [1.807, 2.05) is 18.2 Å². The van der Waals surface area contributed by atoms with Crippen LogP contribution < -0.4 is 4.72 Å². The molecule has 0 saturated heterocycles. The maximum absolute atomic E-state index is 11.9. The predicted molar refractivity (Wildman–Crippen MR) is 67.7 cm³/mol. The van der Waals surface area contributed by atoms with Crippen LogP contribution >= 0.6 is 0 Å². The van der Waals surface area contributed by atoms with Crippen LogP contribution in [0.25, 0.3) is 0 Å². The highest BCUT2D eigenvalue weighted by molar-refractivity contribution is 7.87. The lowest BCUT2D eigenvalue weighted by molar-refractivity contribution is 0.385. The molecule has 17 heavy (non-hydrogen) atoms. The Hall–Kier alpha value is -1.17. The lowest BCUT2D eigenvalue weighted by Gasteiger charge is -2.27. The molecule has 1 aromatic carbocycles. The molecule has 0 saturated carbocycles. The number of hydrogen-bond acceptors (Lipinski definition) is 2. The van der Waals surface area contributed by atoms with Gasteiger partial charge in [-0.05, 0) is 17.5 Å². The summed E-state index contributed by atoms with van der Waals surface area (Å²) in [5, 5.41) is 0. The van der Waals surface area contributed by atoms with Gasteiger partial charge in [0.25, 0.3) is 10.2 Å². The molecular formula is C12H16N2O2S. The van der Waals surface area contributed by atoms with Gasteiger partial charge >= 0.3 is 0 Å². The average Bonchev–Trinajstić information content (AvgIpc) is 2.36. The highest BCUT2D eigenvalue weighted by Gasteiger charge is 2.25. The van der Waals surface area contributed by atoms with E-state index in [2.05, 4.69) is 17.4 Å². The molecule has 0 amide bonds. The largest absolute Gasteiger partial charge is 0.280 e. The Bertz CT molecular complexity index is 511. The van der Waals surface area contributed by atoms with Gasteiger partial charge in [-0.3, -0.25) is 0 Å². The number of nitrogens with zero attached hydrogens (tertiary/aromatic N) is 1. The van der Waals surface area contributed by atoms with E-state index in [1.54, 1.807) is 0 Å². The molecule has 0 radical (unpaired) electrons. The van der Waals surface area contributed by atoms with E-state index in [1.165, 1.54) is 15.9 Å². The van der Waals surface area contributed by atoms with Crippen LogP contribution in [0.1, 0.15) is 11.1 Å². The summed E-state index contributed by atoms with van der Waals surface area (Å²) in [6.07, 6.45) is 2.31. The Morgan fingerprint density at radius 3 is 2.76 bits per heavy atom. The first-order valence-electron chi connectivity index (χ1n) is 5.56. The zero-order valence-electron chi connectivity index (χ0n) is 9.59. The zero-order valence-corrected chi connectivity index (χ0v) is 10.4. The fraction of sp³-hybridized carbons (Fsp3) is 0.333. The fourth-order valence-corrected chi connectivity index (χ4v) is 3.08. The molecule has 2 rings (SSSR count). The fourth-order valence-electron chi connectivity index (χ4n) is 1.93. The average molecular weight is 252 g/mol. The molecule has 1 heterocycles. The molecule has 92 valence electrons. The van der Waals surface area contributed by atoms with Crippen molar-refractivity contribution in [3.05, 3.63) is 48.0 Å². The van der Waals surface area contributed by atoms with Crippen molar-refractivity contribution in [3.63, 3.8) is 0 Å². The Kier molecular flexibility index (Phi) is 3.61. The molecule has 0 fully saturated rings. The molecule has 1 aromatic rings. The minimum Gasteiger partial charge on any atom is -0.198 e. The van der Waals surface area contributed by atoms with E-state index in [0.29, 0.717) is 13.1 Å². The van der Waals surface area contributed by atoms with Gasteiger partial charge in [-0.15, -0.1) is 6.58 Å². The highest BCUT2D eigenvalue weighted by atomic mass is 32.2. The molecule has 4 nitrogen and oxygen atoms in total. The van der Waals surface area contributed by atoms with Crippen molar-refractivity contribution < 1.29 is 8.42 Å². The van der Waals surface area contributed by atoms with Crippen LogP contribution in [0, 0.1) is 0 Å². The van der Waals surface area contributed by atoms with Gasteiger partial charge in [-0.1, -0.05) is 30.3 Å². The van der Waals surface area contributed by atoms with E-state index in [-0.39, 0.29) is 6.54 Å². The van der Waals surface area contributed by atoms with Crippen molar-refractivity contribution in [2.75, 3.05) is 13.1 Å². The van der Waals surface area contributed by atoms with Crippen molar-refractivity contribution >= 4 is 10.2 Å². The molecule has 0 aliphatic carbocycles. The van der Waals surface area contributed by atoms with Crippen LogP contribution in [0.4, 0.5) is 0 Å².